The average Bonchev–Trinajstić information content (AvgIpc) is 3.20. The Morgan fingerprint density at radius 1 is 1.24 bits per heavy atom. The van der Waals surface area contributed by atoms with Gasteiger partial charge in [0.1, 0.15) is 5.75 Å². The van der Waals surface area contributed by atoms with Crippen LogP contribution >= 0.6 is 0 Å². The molecule has 8 nitrogen and oxygen atoms in total. The lowest BCUT2D eigenvalue weighted by molar-refractivity contribution is -0.0386. The van der Waals surface area contributed by atoms with Crippen LogP contribution in [-0.4, -0.2) is 69.9 Å². The molecule has 152 valence electrons. The zero-order chi connectivity index (χ0) is 20.1. The summed E-state index contributed by atoms with van der Waals surface area (Å²) in [5, 5.41) is 18.8. The van der Waals surface area contributed by atoms with Gasteiger partial charge in [-0.25, -0.2) is 9.48 Å². The zero-order valence-electron chi connectivity index (χ0n) is 16.1. The molecule has 29 heavy (non-hydrogen) atoms. The lowest BCUT2D eigenvalue weighted by Gasteiger charge is -2.32. The number of aromatic nitrogens is 3. The van der Waals surface area contributed by atoms with Crippen molar-refractivity contribution < 1.29 is 19.4 Å². The molecule has 0 radical (unpaired) electrons. The fourth-order valence-electron chi connectivity index (χ4n) is 3.52. The first kappa shape index (κ1) is 19.4. The number of carboxylic acid groups (broad SMARTS) is 1. The maximum absolute atomic E-state index is 10.9. The number of carboxylic acids is 1. The molecule has 4 rings (SSSR count). The summed E-state index contributed by atoms with van der Waals surface area (Å²) in [6.45, 7) is 4.38. The van der Waals surface area contributed by atoms with Gasteiger partial charge in [0.15, 0.2) is 5.69 Å². The van der Waals surface area contributed by atoms with Crippen LogP contribution in [-0.2, 0) is 11.3 Å². The van der Waals surface area contributed by atoms with Crippen LogP contribution in [0.1, 0.15) is 16.9 Å². The molecule has 0 amide bonds. The Kier molecular flexibility index (Phi) is 6.02. The van der Waals surface area contributed by atoms with E-state index in [4.69, 9.17) is 14.6 Å². The molecule has 0 bridgehead atoms. The fraction of sp³-hybridized carbons (Fsp3) is 0.381. The van der Waals surface area contributed by atoms with E-state index in [1.54, 1.807) is 0 Å². The van der Waals surface area contributed by atoms with Gasteiger partial charge in [-0.15, -0.1) is 5.10 Å². The fourth-order valence-corrected chi connectivity index (χ4v) is 3.52. The molecular weight excluding hydrogens is 372 g/mol. The van der Waals surface area contributed by atoms with Crippen molar-refractivity contribution in [1.29, 1.82) is 0 Å². The molecule has 1 atom stereocenters. The smallest absolute Gasteiger partial charge is 0.358 e. The third-order valence-corrected chi connectivity index (χ3v) is 4.98. The van der Waals surface area contributed by atoms with Crippen molar-refractivity contribution >= 4 is 16.7 Å². The molecule has 2 aromatic carbocycles. The van der Waals surface area contributed by atoms with Crippen LogP contribution in [0.3, 0.4) is 0 Å². The van der Waals surface area contributed by atoms with Crippen molar-refractivity contribution in [2.45, 2.75) is 19.1 Å². The van der Waals surface area contributed by atoms with E-state index in [2.05, 4.69) is 39.5 Å². The highest BCUT2D eigenvalue weighted by Crippen LogP contribution is 2.20. The van der Waals surface area contributed by atoms with E-state index in [1.807, 2.05) is 18.2 Å². The highest BCUT2D eigenvalue weighted by atomic mass is 16.5. The van der Waals surface area contributed by atoms with Crippen LogP contribution in [0.5, 0.6) is 5.75 Å². The maximum Gasteiger partial charge on any atom is 0.358 e. The molecule has 3 aromatic rings. The molecule has 1 fully saturated rings. The van der Waals surface area contributed by atoms with Crippen LogP contribution < -0.4 is 4.74 Å². The van der Waals surface area contributed by atoms with Crippen LogP contribution in [0.4, 0.5) is 0 Å². The number of nitrogens with zero attached hydrogens (tertiary/aromatic N) is 4. The Balaban J connectivity index is 1.21. The molecule has 0 saturated carbocycles. The van der Waals surface area contributed by atoms with Crippen molar-refractivity contribution in [2.75, 3.05) is 32.8 Å². The van der Waals surface area contributed by atoms with E-state index in [0.717, 1.165) is 31.8 Å². The lowest BCUT2D eigenvalue weighted by atomic mass is 10.1. The van der Waals surface area contributed by atoms with Crippen LogP contribution in [0.25, 0.3) is 10.8 Å². The summed E-state index contributed by atoms with van der Waals surface area (Å²) in [5.74, 6) is -0.183. The van der Waals surface area contributed by atoms with Crippen molar-refractivity contribution in [1.82, 2.24) is 19.9 Å². The van der Waals surface area contributed by atoms with E-state index in [9.17, 15) is 4.79 Å². The molecule has 1 N–H and O–H groups in total. The second-order valence-electron chi connectivity index (χ2n) is 7.14. The van der Waals surface area contributed by atoms with Crippen molar-refractivity contribution in [3.63, 3.8) is 0 Å². The molecule has 1 aliphatic rings. The first-order valence-corrected chi connectivity index (χ1v) is 9.76. The largest absolute Gasteiger partial charge is 0.494 e. The van der Waals surface area contributed by atoms with Gasteiger partial charge in [0.2, 0.25) is 0 Å². The zero-order valence-corrected chi connectivity index (χ0v) is 16.1. The van der Waals surface area contributed by atoms with Crippen molar-refractivity contribution in [3.05, 3.63) is 54.4 Å². The summed E-state index contributed by atoms with van der Waals surface area (Å²) in [6, 6.07) is 14.4. The predicted octanol–water partition coefficient (Wildman–Crippen LogP) is 2.30. The molecule has 1 aromatic heterocycles. The van der Waals surface area contributed by atoms with E-state index in [-0.39, 0.29) is 11.8 Å². The van der Waals surface area contributed by atoms with Gasteiger partial charge in [-0.05, 0) is 29.3 Å². The topological polar surface area (TPSA) is 89.7 Å². The number of carbonyl (C=O) groups is 1. The van der Waals surface area contributed by atoms with E-state index >= 15 is 0 Å². The summed E-state index contributed by atoms with van der Waals surface area (Å²) >= 11 is 0. The molecule has 0 spiro atoms. The van der Waals surface area contributed by atoms with Crippen LogP contribution in [0.2, 0.25) is 0 Å². The van der Waals surface area contributed by atoms with Gasteiger partial charge in [0.05, 0.1) is 32.1 Å². The van der Waals surface area contributed by atoms with E-state index in [1.165, 1.54) is 21.7 Å². The summed E-state index contributed by atoms with van der Waals surface area (Å²) in [6.07, 6.45) is 2.32. The number of morpholine rings is 1. The maximum atomic E-state index is 10.9. The highest BCUT2D eigenvalue weighted by molar-refractivity contribution is 5.84. The number of hydrogen-bond acceptors (Lipinski definition) is 6. The summed E-state index contributed by atoms with van der Waals surface area (Å²) < 4.78 is 13.2. The SMILES string of the molecule is O=C(O)c1cn(CC2CN(CCCOc3ccc4ccccc4c3)CCO2)nn1. The van der Waals surface area contributed by atoms with E-state index in [0.29, 0.717) is 19.8 Å². The molecule has 8 heteroatoms. The minimum absolute atomic E-state index is 0.0338. The Hall–Kier alpha value is -2.97. The molecule has 0 aliphatic carbocycles. The Labute approximate surface area is 168 Å². The number of fused-ring (bicyclic) bond motifs is 1. The number of aromatic carboxylic acids is 1. The van der Waals surface area contributed by atoms with Crippen molar-refractivity contribution in [2.24, 2.45) is 0 Å². The first-order valence-electron chi connectivity index (χ1n) is 9.76. The molecule has 2 heterocycles. The molecule has 1 unspecified atom stereocenters. The van der Waals surface area contributed by atoms with Gasteiger partial charge in [0, 0.05) is 19.6 Å². The van der Waals surface area contributed by atoms with Crippen LogP contribution in [0.15, 0.2) is 48.7 Å². The summed E-state index contributed by atoms with van der Waals surface area (Å²) in [5.41, 5.74) is -0.0523. The van der Waals surface area contributed by atoms with Crippen LogP contribution in [0, 0.1) is 0 Å². The van der Waals surface area contributed by atoms with E-state index < -0.39 is 5.97 Å². The second-order valence-corrected chi connectivity index (χ2v) is 7.14. The van der Waals surface area contributed by atoms with Gasteiger partial charge < -0.3 is 14.6 Å². The summed E-state index contributed by atoms with van der Waals surface area (Å²) in [4.78, 5) is 13.2. The number of ether oxygens (including phenoxy) is 2. The van der Waals surface area contributed by atoms with Gasteiger partial charge in [0.25, 0.3) is 0 Å². The minimum atomic E-state index is -1.08. The monoisotopic (exact) mass is 396 g/mol. The molecule has 1 aliphatic heterocycles. The molecule has 1 saturated heterocycles. The summed E-state index contributed by atoms with van der Waals surface area (Å²) in [7, 11) is 0. The third kappa shape index (κ3) is 5.10. The standard InChI is InChI=1S/C21H24N4O4/c26-21(27)20-15-25(23-22-20)14-19-13-24(9-11-29-19)8-3-10-28-18-7-6-16-4-1-2-5-17(16)12-18/h1-2,4-7,12,15,19H,3,8-11,13-14H2,(H,26,27). The third-order valence-electron chi connectivity index (χ3n) is 4.98. The predicted molar refractivity (Wildman–Crippen MR) is 107 cm³/mol. The first-order chi connectivity index (χ1) is 14.2. The Morgan fingerprint density at radius 2 is 2.10 bits per heavy atom. The van der Waals surface area contributed by atoms with Crippen molar-refractivity contribution in [3.8, 4) is 5.75 Å². The molecular formula is C21H24N4O4. The van der Waals surface area contributed by atoms with Gasteiger partial charge in [-0.2, -0.15) is 0 Å². The number of rotatable bonds is 8. The Bertz CT molecular complexity index is 974. The second kappa shape index (κ2) is 9.02. The Morgan fingerprint density at radius 3 is 2.93 bits per heavy atom. The number of hydrogen-bond donors (Lipinski definition) is 1. The minimum Gasteiger partial charge on any atom is -0.494 e. The quantitative estimate of drug-likeness (QED) is 0.584. The van der Waals surface area contributed by atoms with Gasteiger partial charge in [-0.1, -0.05) is 35.5 Å². The normalized spacial score (nSPS) is 17.4. The lowest BCUT2D eigenvalue weighted by Crippen LogP contribution is -2.44. The highest BCUT2D eigenvalue weighted by Gasteiger charge is 2.21. The van der Waals surface area contributed by atoms with Gasteiger partial charge >= 0.3 is 5.97 Å². The number of benzene rings is 2. The average molecular weight is 396 g/mol. The van der Waals surface area contributed by atoms with Gasteiger partial charge in [-0.3, -0.25) is 4.90 Å².